The fourth-order valence-electron chi connectivity index (χ4n) is 1.85. The van der Waals surface area contributed by atoms with E-state index in [1.807, 2.05) is 0 Å². The molecule has 0 aliphatic heterocycles. The van der Waals surface area contributed by atoms with E-state index in [0.29, 0.717) is 11.0 Å². The normalized spacial score (nSPS) is 11.7. The molecule has 0 aliphatic rings. The second-order valence-electron chi connectivity index (χ2n) is 4.14. The number of imidazole rings is 1. The van der Waals surface area contributed by atoms with Crippen molar-refractivity contribution in [3.8, 4) is 0 Å². The molecule has 0 saturated carbocycles. The molecule has 2 aromatic carbocycles. The lowest BCUT2D eigenvalue weighted by Crippen LogP contribution is -2.15. The number of rotatable bonds is 3. The van der Waals surface area contributed by atoms with Crippen LogP contribution in [0.3, 0.4) is 0 Å². The van der Waals surface area contributed by atoms with Gasteiger partial charge in [-0.25, -0.2) is 22.5 Å². The van der Waals surface area contributed by atoms with Crippen molar-refractivity contribution in [1.82, 2.24) is 9.97 Å². The molecule has 0 unspecified atom stereocenters. The zero-order chi connectivity index (χ0) is 14.2. The van der Waals surface area contributed by atoms with Crippen LogP contribution >= 0.6 is 0 Å². The smallest absolute Gasteiger partial charge is 0.267 e. The summed E-state index contributed by atoms with van der Waals surface area (Å²) in [5.74, 6) is -0.759. The van der Waals surface area contributed by atoms with Crippen molar-refractivity contribution in [2.75, 3.05) is 4.72 Å². The van der Waals surface area contributed by atoms with Gasteiger partial charge in [-0.05, 0) is 24.3 Å². The molecule has 0 saturated heterocycles. The summed E-state index contributed by atoms with van der Waals surface area (Å²) in [5.41, 5.74) is 1.32. The van der Waals surface area contributed by atoms with E-state index in [9.17, 15) is 12.8 Å². The minimum Gasteiger partial charge on any atom is -0.323 e. The fourth-order valence-corrected chi connectivity index (χ4v) is 2.89. The summed E-state index contributed by atoms with van der Waals surface area (Å²) in [4.78, 5) is 6.49. The predicted octanol–water partition coefficient (Wildman–Crippen LogP) is 2.50. The molecule has 0 atom stereocenters. The number of hydrogen-bond donors (Lipinski definition) is 2. The number of aromatic amines is 1. The van der Waals surface area contributed by atoms with Gasteiger partial charge in [-0.15, -0.1) is 0 Å². The number of anilines is 1. The van der Waals surface area contributed by atoms with Crippen LogP contribution in [0, 0.1) is 5.82 Å². The van der Waals surface area contributed by atoms with Gasteiger partial charge in [0.15, 0.2) is 0 Å². The van der Waals surface area contributed by atoms with E-state index >= 15 is 0 Å². The van der Waals surface area contributed by atoms with Gasteiger partial charge in [0.2, 0.25) is 5.95 Å². The average Bonchev–Trinajstić information content (AvgIpc) is 2.80. The lowest BCUT2D eigenvalue weighted by atomic mass is 10.3. The van der Waals surface area contributed by atoms with E-state index in [-0.39, 0.29) is 5.95 Å². The highest BCUT2D eigenvalue weighted by Gasteiger charge is 2.19. The third kappa shape index (κ3) is 2.23. The van der Waals surface area contributed by atoms with Crippen LogP contribution in [-0.4, -0.2) is 18.4 Å². The van der Waals surface area contributed by atoms with Gasteiger partial charge in [0, 0.05) is 0 Å². The van der Waals surface area contributed by atoms with Gasteiger partial charge in [0.05, 0.1) is 11.0 Å². The maximum absolute atomic E-state index is 13.5. The van der Waals surface area contributed by atoms with E-state index < -0.39 is 20.7 Å². The standard InChI is InChI=1S/C13H10FN3O2S/c14-9-5-1-4-8-12(9)20(18,19)17-13-15-10-6-2-3-7-11(10)16-13/h1-8H,(H2,15,16,17). The van der Waals surface area contributed by atoms with E-state index in [2.05, 4.69) is 14.7 Å². The molecule has 3 rings (SSSR count). The van der Waals surface area contributed by atoms with Crippen molar-refractivity contribution < 1.29 is 12.8 Å². The first-order chi connectivity index (χ1) is 9.56. The summed E-state index contributed by atoms with van der Waals surface area (Å²) in [7, 11) is -4.01. The number of halogens is 1. The summed E-state index contributed by atoms with van der Waals surface area (Å²) in [5, 5.41) is 0. The Kier molecular flexibility index (Phi) is 2.90. The Morgan fingerprint density at radius 3 is 2.50 bits per heavy atom. The van der Waals surface area contributed by atoms with E-state index in [4.69, 9.17) is 0 Å². The van der Waals surface area contributed by atoms with Crippen LogP contribution in [0.25, 0.3) is 11.0 Å². The summed E-state index contributed by atoms with van der Waals surface area (Å²) < 4.78 is 39.9. The lowest BCUT2D eigenvalue weighted by Gasteiger charge is -2.05. The van der Waals surface area contributed by atoms with Crippen LogP contribution in [-0.2, 0) is 10.0 Å². The molecule has 0 fully saturated rings. The number of para-hydroxylation sites is 2. The summed E-state index contributed by atoms with van der Waals surface area (Å²) in [6, 6.07) is 12.3. The number of hydrogen-bond acceptors (Lipinski definition) is 3. The van der Waals surface area contributed by atoms with Crippen LogP contribution in [0.5, 0.6) is 0 Å². The highest BCUT2D eigenvalue weighted by molar-refractivity contribution is 7.92. The number of fused-ring (bicyclic) bond motifs is 1. The van der Waals surface area contributed by atoms with E-state index in [1.54, 1.807) is 24.3 Å². The molecular formula is C13H10FN3O2S. The molecule has 102 valence electrons. The molecule has 0 aliphatic carbocycles. The molecule has 0 amide bonds. The molecule has 0 radical (unpaired) electrons. The molecule has 1 heterocycles. The first-order valence-electron chi connectivity index (χ1n) is 5.78. The van der Waals surface area contributed by atoms with Gasteiger partial charge in [0.25, 0.3) is 10.0 Å². The molecule has 0 bridgehead atoms. The van der Waals surface area contributed by atoms with Gasteiger partial charge in [0.1, 0.15) is 10.7 Å². The monoisotopic (exact) mass is 291 g/mol. The highest BCUT2D eigenvalue weighted by atomic mass is 32.2. The van der Waals surface area contributed by atoms with Crippen molar-refractivity contribution in [1.29, 1.82) is 0 Å². The summed E-state index contributed by atoms with van der Waals surface area (Å²) in [6.45, 7) is 0. The zero-order valence-corrected chi connectivity index (χ0v) is 11.0. The Labute approximate surface area is 114 Å². The number of sulfonamides is 1. The van der Waals surface area contributed by atoms with Crippen molar-refractivity contribution in [2.45, 2.75) is 4.90 Å². The third-order valence-corrected chi connectivity index (χ3v) is 4.12. The molecule has 5 nitrogen and oxygen atoms in total. The van der Waals surface area contributed by atoms with Gasteiger partial charge in [-0.1, -0.05) is 24.3 Å². The third-order valence-electron chi connectivity index (χ3n) is 2.75. The quantitative estimate of drug-likeness (QED) is 0.778. The van der Waals surface area contributed by atoms with Crippen LogP contribution in [0.4, 0.5) is 10.3 Å². The lowest BCUT2D eigenvalue weighted by molar-refractivity contribution is 0.570. The second-order valence-corrected chi connectivity index (χ2v) is 5.79. The second kappa shape index (κ2) is 4.61. The molecule has 0 spiro atoms. The fraction of sp³-hybridized carbons (Fsp3) is 0. The minimum absolute atomic E-state index is 0.0504. The number of nitrogens with one attached hydrogen (secondary N) is 2. The Balaban J connectivity index is 1.99. The van der Waals surface area contributed by atoms with Gasteiger partial charge in [-0.2, -0.15) is 0 Å². The minimum atomic E-state index is -4.01. The Hall–Kier alpha value is -2.41. The molecular weight excluding hydrogens is 281 g/mol. The maximum atomic E-state index is 13.5. The van der Waals surface area contributed by atoms with Crippen molar-refractivity contribution in [3.63, 3.8) is 0 Å². The first-order valence-corrected chi connectivity index (χ1v) is 7.27. The largest absolute Gasteiger partial charge is 0.323 e. The Morgan fingerprint density at radius 1 is 1.05 bits per heavy atom. The Bertz CT molecular complexity index is 841. The first kappa shape index (κ1) is 12.6. The molecule has 20 heavy (non-hydrogen) atoms. The van der Waals surface area contributed by atoms with Gasteiger partial charge in [-0.3, -0.25) is 0 Å². The number of nitrogens with zero attached hydrogens (tertiary/aromatic N) is 1. The molecule has 1 aromatic heterocycles. The van der Waals surface area contributed by atoms with Crippen LogP contribution in [0.2, 0.25) is 0 Å². The number of aromatic nitrogens is 2. The molecule has 2 N–H and O–H groups in total. The molecule has 3 aromatic rings. The van der Waals surface area contributed by atoms with Crippen LogP contribution < -0.4 is 4.72 Å². The van der Waals surface area contributed by atoms with E-state index in [0.717, 1.165) is 6.07 Å². The van der Waals surface area contributed by atoms with Gasteiger partial charge < -0.3 is 4.98 Å². The van der Waals surface area contributed by atoms with Crippen molar-refractivity contribution in [2.24, 2.45) is 0 Å². The average molecular weight is 291 g/mol. The van der Waals surface area contributed by atoms with Crippen molar-refractivity contribution >= 4 is 27.0 Å². The topological polar surface area (TPSA) is 74.8 Å². The molecule has 7 heteroatoms. The SMILES string of the molecule is O=S(=O)(Nc1nc2ccccc2[nH]1)c1ccccc1F. The van der Waals surface area contributed by atoms with Crippen molar-refractivity contribution in [3.05, 3.63) is 54.3 Å². The predicted molar refractivity (Wildman–Crippen MR) is 73.3 cm³/mol. The Morgan fingerprint density at radius 2 is 1.75 bits per heavy atom. The highest BCUT2D eigenvalue weighted by Crippen LogP contribution is 2.19. The maximum Gasteiger partial charge on any atom is 0.267 e. The summed E-state index contributed by atoms with van der Waals surface area (Å²) >= 11 is 0. The summed E-state index contributed by atoms with van der Waals surface area (Å²) in [6.07, 6.45) is 0. The van der Waals surface area contributed by atoms with Gasteiger partial charge >= 0.3 is 0 Å². The number of H-pyrrole nitrogens is 1. The number of benzene rings is 2. The van der Waals surface area contributed by atoms with E-state index in [1.165, 1.54) is 18.2 Å². The van der Waals surface area contributed by atoms with Crippen LogP contribution in [0.1, 0.15) is 0 Å². The zero-order valence-electron chi connectivity index (χ0n) is 10.2. The van der Waals surface area contributed by atoms with Crippen LogP contribution in [0.15, 0.2) is 53.4 Å².